The molecule has 1 atom stereocenters. The monoisotopic (exact) mass is 477 g/mol. The highest BCUT2D eigenvalue weighted by atomic mass is 35.5. The van der Waals surface area contributed by atoms with Crippen LogP contribution in [0.1, 0.15) is 39.5 Å². The number of hydrogen-bond donors (Lipinski definition) is 1. The number of hydrogen-bond acceptors (Lipinski definition) is 3. The van der Waals surface area contributed by atoms with Gasteiger partial charge in [0.15, 0.2) is 0 Å². The van der Waals surface area contributed by atoms with E-state index in [4.69, 9.17) is 16.3 Å². The maximum atomic E-state index is 13.3. The summed E-state index contributed by atoms with van der Waals surface area (Å²) in [4.78, 5) is 26.1. The van der Waals surface area contributed by atoms with E-state index in [-0.39, 0.29) is 12.5 Å². The van der Waals surface area contributed by atoms with Gasteiger partial charge in [-0.05, 0) is 67.3 Å². The van der Waals surface area contributed by atoms with E-state index in [2.05, 4.69) is 13.0 Å². The van der Waals surface area contributed by atoms with Gasteiger partial charge in [-0.3, -0.25) is 9.59 Å². The summed E-state index contributed by atoms with van der Waals surface area (Å²) in [6.45, 7) is 4.06. The summed E-state index contributed by atoms with van der Waals surface area (Å²) in [5.41, 5.74) is 4.33. The van der Waals surface area contributed by atoms with Crippen molar-refractivity contribution in [1.82, 2.24) is 4.90 Å². The molecule has 1 aliphatic rings. The van der Waals surface area contributed by atoms with E-state index in [1.807, 2.05) is 61.5 Å². The van der Waals surface area contributed by atoms with Crippen molar-refractivity contribution in [1.29, 1.82) is 0 Å². The molecule has 0 bridgehead atoms. The molecular formula is C28H28ClNO4. The molecule has 0 fully saturated rings. The number of carboxylic acids is 1. The fraction of sp³-hybridized carbons (Fsp3) is 0.286. The third-order valence-electron chi connectivity index (χ3n) is 6.09. The van der Waals surface area contributed by atoms with Gasteiger partial charge in [-0.1, -0.05) is 53.6 Å². The molecule has 1 N–H and O–H groups in total. The second kappa shape index (κ2) is 9.90. The van der Waals surface area contributed by atoms with E-state index >= 15 is 0 Å². The van der Waals surface area contributed by atoms with Crippen LogP contribution in [0.3, 0.4) is 0 Å². The van der Waals surface area contributed by atoms with E-state index in [1.165, 1.54) is 4.90 Å². The molecule has 6 heteroatoms. The highest BCUT2D eigenvalue weighted by Gasteiger charge is 2.35. The number of nitrogens with zero attached hydrogens (tertiary/aromatic N) is 1. The Bertz CT molecular complexity index is 1210. The Morgan fingerprint density at radius 2 is 1.82 bits per heavy atom. The van der Waals surface area contributed by atoms with Crippen LogP contribution in [0.5, 0.6) is 5.75 Å². The summed E-state index contributed by atoms with van der Waals surface area (Å²) in [5.74, 6) is -0.556. The van der Waals surface area contributed by atoms with Gasteiger partial charge in [-0.25, -0.2) is 0 Å². The number of fused-ring (bicyclic) bond motifs is 1. The maximum Gasteiger partial charge on any atom is 0.323 e. The Balaban J connectivity index is 1.48. The molecule has 1 heterocycles. The van der Waals surface area contributed by atoms with E-state index in [0.717, 1.165) is 28.0 Å². The van der Waals surface area contributed by atoms with Crippen LogP contribution in [0.15, 0.2) is 66.7 Å². The molecule has 0 saturated heterocycles. The Hall–Kier alpha value is -3.31. The number of aliphatic carboxylic acids is 1. The molecule has 1 unspecified atom stereocenters. The third-order valence-corrected chi connectivity index (χ3v) is 6.34. The first kappa shape index (κ1) is 23.8. The number of ether oxygens (including phenoxy) is 1. The minimum atomic E-state index is -1.03. The van der Waals surface area contributed by atoms with Crippen LogP contribution < -0.4 is 4.74 Å². The van der Waals surface area contributed by atoms with Gasteiger partial charge in [0.2, 0.25) is 0 Å². The van der Waals surface area contributed by atoms with E-state index in [9.17, 15) is 14.7 Å². The summed E-state index contributed by atoms with van der Waals surface area (Å²) in [6, 6.07) is 21.1. The fourth-order valence-electron chi connectivity index (χ4n) is 4.52. The Morgan fingerprint density at radius 3 is 2.53 bits per heavy atom. The third kappa shape index (κ3) is 5.78. The largest absolute Gasteiger partial charge is 0.487 e. The summed E-state index contributed by atoms with van der Waals surface area (Å²) in [7, 11) is 0. The number of rotatable bonds is 8. The number of amides is 1. The predicted octanol–water partition coefficient (Wildman–Crippen LogP) is 5.35. The molecule has 0 saturated carbocycles. The van der Waals surface area contributed by atoms with Crippen molar-refractivity contribution in [2.24, 2.45) is 0 Å². The highest BCUT2D eigenvalue weighted by molar-refractivity contribution is 6.30. The lowest BCUT2D eigenvalue weighted by molar-refractivity contribution is -0.137. The smallest absolute Gasteiger partial charge is 0.323 e. The molecule has 176 valence electrons. The second-order valence-corrected chi connectivity index (χ2v) is 9.65. The molecule has 0 aliphatic carbocycles. The van der Waals surface area contributed by atoms with Crippen LogP contribution >= 0.6 is 11.6 Å². The van der Waals surface area contributed by atoms with E-state index < -0.39 is 11.6 Å². The second-order valence-electron chi connectivity index (χ2n) is 9.21. The maximum absolute atomic E-state index is 13.3. The Labute approximate surface area is 204 Å². The lowest BCUT2D eigenvalue weighted by Crippen LogP contribution is -2.37. The van der Waals surface area contributed by atoms with Crippen molar-refractivity contribution in [3.63, 3.8) is 0 Å². The van der Waals surface area contributed by atoms with Crippen LogP contribution in [0, 0.1) is 6.92 Å². The molecule has 0 spiro atoms. The summed E-state index contributed by atoms with van der Waals surface area (Å²) in [6.07, 6.45) is 1.96. The van der Waals surface area contributed by atoms with Gasteiger partial charge in [-0.2, -0.15) is 0 Å². The molecular weight excluding hydrogens is 450 g/mol. The van der Waals surface area contributed by atoms with Gasteiger partial charge in [0.25, 0.3) is 5.91 Å². The van der Waals surface area contributed by atoms with Gasteiger partial charge in [0.1, 0.15) is 17.9 Å². The molecule has 1 aliphatic heterocycles. The van der Waals surface area contributed by atoms with Gasteiger partial charge < -0.3 is 14.7 Å². The van der Waals surface area contributed by atoms with Crippen LogP contribution in [0.2, 0.25) is 5.02 Å². The Morgan fingerprint density at radius 1 is 1.06 bits per heavy atom. The number of carbonyl (C=O) groups is 2. The standard InChI is InChI=1S/C28H28ClNO4/c1-19-4-3-5-20(14-19)12-13-30(18-26(31)32)27(33)22-8-11-25-23(15-22)17-28(2,34-25)16-21-6-9-24(29)10-7-21/h3-11,14-15H,12-13,16-18H2,1-2H3,(H,31,32). The zero-order chi connectivity index (χ0) is 24.3. The molecule has 34 heavy (non-hydrogen) atoms. The number of aryl methyl sites for hydroxylation is 1. The van der Waals surface area contributed by atoms with E-state index in [0.29, 0.717) is 36.4 Å². The first-order valence-corrected chi connectivity index (χ1v) is 11.7. The fourth-order valence-corrected chi connectivity index (χ4v) is 4.64. The summed E-state index contributed by atoms with van der Waals surface area (Å²) < 4.78 is 6.25. The van der Waals surface area contributed by atoms with Crippen LogP contribution in [-0.2, 0) is 24.1 Å². The predicted molar refractivity (Wildman–Crippen MR) is 133 cm³/mol. The summed E-state index contributed by atoms with van der Waals surface area (Å²) >= 11 is 6.00. The van der Waals surface area contributed by atoms with E-state index in [1.54, 1.807) is 6.07 Å². The average Bonchev–Trinajstić information content (AvgIpc) is 3.12. The SMILES string of the molecule is Cc1cccc(CCN(CC(=O)O)C(=O)c2ccc3c(c2)CC(C)(Cc2ccc(Cl)cc2)O3)c1. The van der Waals surface area contributed by atoms with Crippen molar-refractivity contribution < 1.29 is 19.4 Å². The zero-order valence-electron chi connectivity index (χ0n) is 19.4. The number of carboxylic acid groups (broad SMARTS) is 1. The van der Waals surface area contributed by atoms with Crippen molar-refractivity contribution >= 4 is 23.5 Å². The lowest BCUT2D eigenvalue weighted by Gasteiger charge is -2.24. The van der Waals surface area contributed by atoms with Gasteiger partial charge in [0.05, 0.1) is 0 Å². The highest BCUT2D eigenvalue weighted by Crippen LogP contribution is 2.37. The topological polar surface area (TPSA) is 66.8 Å². The molecule has 3 aromatic carbocycles. The molecule has 5 nitrogen and oxygen atoms in total. The summed E-state index contributed by atoms with van der Waals surface area (Å²) in [5, 5.41) is 10.1. The zero-order valence-corrected chi connectivity index (χ0v) is 20.1. The quantitative estimate of drug-likeness (QED) is 0.474. The van der Waals surface area contributed by atoms with Gasteiger partial charge in [0, 0.05) is 30.0 Å². The van der Waals surface area contributed by atoms with Crippen molar-refractivity contribution in [3.05, 3.63) is 99.6 Å². The van der Waals surface area contributed by atoms with Gasteiger partial charge >= 0.3 is 5.97 Å². The van der Waals surface area contributed by atoms with Crippen molar-refractivity contribution in [2.45, 2.75) is 38.7 Å². The van der Waals surface area contributed by atoms with Gasteiger partial charge in [-0.15, -0.1) is 0 Å². The number of carbonyl (C=O) groups excluding carboxylic acids is 1. The van der Waals surface area contributed by atoms with Crippen LogP contribution in [-0.4, -0.2) is 40.6 Å². The number of benzene rings is 3. The first-order chi connectivity index (χ1) is 16.2. The van der Waals surface area contributed by atoms with Crippen molar-refractivity contribution in [3.8, 4) is 5.75 Å². The van der Waals surface area contributed by atoms with Crippen LogP contribution in [0.4, 0.5) is 0 Å². The molecule has 1 amide bonds. The first-order valence-electron chi connectivity index (χ1n) is 11.3. The van der Waals surface area contributed by atoms with Crippen LogP contribution in [0.25, 0.3) is 0 Å². The average molecular weight is 478 g/mol. The minimum Gasteiger partial charge on any atom is -0.487 e. The minimum absolute atomic E-state index is 0.288. The number of halogens is 1. The molecule has 0 aromatic heterocycles. The molecule has 3 aromatic rings. The Kier molecular flexibility index (Phi) is 6.94. The molecule has 0 radical (unpaired) electrons. The normalized spacial score (nSPS) is 16.6. The van der Waals surface area contributed by atoms with Crippen molar-refractivity contribution in [2.75, 3.05) is 13.1 Å². The lowest BCUT2D eigenvalue weighted by atomic mass is 9.91. The molecule has 4 rings (SSSR count).